The molecule has 0 aliphatic carbocycles. The number of aromatic amines is 1. The number of aromatic nitrogens is 2. The molecule has 2 heterocycles. The van der Waals surface area contributed by atoms with E-state index in [4.69, 9.17) is 7.48 Å². The zero-order valence-corrected chi connectivity index (χ0v) is 8.96. The first-order valence-electron chi connectivity index (χ1n) is 6.01. The van der Waals surface area contributed by atoms with Crippen LogP contribution in [0.4, 0.5) is 4.39 Å². The van der Waals surface area contributed by atoms with E-state index in [1.807, 2.05) is 4.98 Å². The van der Waals surface area contributed by atoms with Crippen molar-refractivity contribution >= 4 is 0 Å². The number of nitrogens with one attached hydrogen (secondary N) is 1. The largest absolute Gasteiger partial charge is 0.387 e. The molecule has 0 amide bonds. The van der Waals surface area contributed by atoms with Crippen molar-refractivity contribution in [2.75, 3.05) is 0 Å². The normalized spacial score (nSPS) is 35.5. The molecule has 2 N–H and O–H groups in total. The Hall–Kier alpha value is -1.47. The standard InChI is InChI=1S/C10H13FN2O4/c1-2-5-8(15)7(11)9(17-5)13-4-3-6(14)12-10(13)16/h3-5,7-9,15H,2H2,1H3,(H,12,14,16)/t5-,7-,8-,9-/m1/s1/i2D2. The molecule has 0 spiro atoms. The molecule has 94 valence electrons. The van der Waals surface area contributed by atoms with Crippen LogP contribution in [0.2, 0.25) is 0 Å². The SMILES string of the molecule is [2H]C([2H])(C)[C@H]1O[C@@H](n2ccc(=O)[nH]c2=O)[C@H](F)[C@@H]1O. The highest BCUT2D eigenvalue weighted by molar-refractivity contribution is 4.92. The smallest absolute Gasteiger partial charge is 0.330 e. The predicted molar refractivity (Wildman–Crippen MR) is 56.4 cm³/mol. The maximum Gasteiger partial charge on any atom is 0.330 e. The molecule has 7 heteroatoms. The highest BCUT2D eigenvalue weighted by Crippen LogP contribution is 2.31. The fourth-order valence-corrected chi connectivity index (χ4v) is 1.73. The van der Waals surface area contributed by atoms with Crippen LogP contribution in [0.15, 0.2) is 21.9 Å². The van der Waals surface area contributed by atoms with Crippen molar-refractivity contribution in [3.8, 4) is 0 Å². The Kier molecular flexibility index (Phi) is 2.48. The number of hydrogen-bond acceptors (Lipinski definition) is 4. The van der Waals surface area contributed by atoms with Gasteiger partial charge in [-0.25, -0.2) is 9.18 Å². The molecule has 1 aromatic heterocycles. The van der Waals surface area contributed by atoms with Crippen molar-refractivity contribution in [2.24, 2.45) is 0 Å². The van der Waals surface area contributed by atoms with Gasteiger partial charge in [0.2, 0.25) is 0 Å². The quantitative estimate of drug-likeness (QED) is 0.739. The maximum absolute atomic E-state index is 13.9. The topological polar surface area (TPSA) is 84.3 Å². The molecule has 1 fully saturated rings. The summed E-state index contributed by atoms with van der Waals surface area (Å²) in [5, 5.41) is 9.64. The van der Waals surface area contributed by atoms with Gasteiger partial charge in [-0.3, -0.25) is 14.3 Å². The van der Waals surface area contributed by atoms with Crippen LogP contribution in [0.25, 0.3) is 0 Å². The van der Waals surface area contributed by atoms with Crippen molar-refractivity contribution in [3.63, 3.8) is 0 Å². The third kappa shape index (κ3) is 2.03. The van der Waals surface area contributed by atoms with E-state index in [2.05, 4.69) is 0 Å². The monoisotopic (exact) mass is 246 g/mol. The minimum absolute atomic E-state index is 0.641. The summed E-state index contributed by atoms with van der Waals surface area (Å²) in [6.07, 6.45) is -7.46. The number of hydrogen-bond donors (Lipinski definition) is 2. The Morgan fingerprint density at radius 2 is 2.41 bits per heavy atom. The van der Waals surface area contributed by atoms with E-state index in [9.17, 15) is 19.1 Å². The molecule has 4 atom stereocenters. The molecule has 6 nitrogen and oxygen atoms in total. The molecule has 17 heavy (non-hydrogen) atoms. The Balaban J connectivity index is 2.37. The summed E-state index contributed by atoms with van der Waals surface area (Å²) >= 11 is 0. The number of alkyl halides is 1. The summed E-state index contributed by atoms with van der Waals surface area (Å²) in [7, 11) is 0. The van der Waals surface area contributed by atoms with E-state index in [1.54, 1.807) is 0 Å². The molecule has 1 saturated heterocycles. The van der Waals surface area contributed by atoms with E-state index in [1.165, 1.54) is 0 Å². The van der Waals surface area contributed by atoms with E-state index in [-0.39, 0.29) is 0 Å². The summed E-state index contributed by atoms with van der Waals surface area (Å²) in [6, 6.07) is 1.01. The zero-order chi connectivity index (χ0) is 14.4. The third-order valence-electron chi connectivity index (χ3n) is 2.60. The van der Waals surface area contributed by atoms with Gasteiger partial charge in [0, 0.05) is 15.0 Å². The Morgan fingerprint density at radius 3 is 2.94 bits per heavy atom. The van der Waals surface area contributed by atoms with Gasteiger partial charge in [0.25, 0.3) is 5.56 Å². The Labute approximate surface area is 98.5 Å². The molecule has 1 aromatic rings. The molecular weight excluding hydrogens is 231 g/mol. The number of aliphatic hydroxyl groups excluding tert-OH is 1. The van der Waals surface area contributed by atoms with Gasteiger partial charge in [-0.15, -0.1) is 0 Å². The van der Waals surface area contributed by atoms with Gasteiger partial charge in [-0.05, 0) is 6.37 Å². The Bertz CT molecular complexity index is 582. The summed E-state index contributed by atoms with van der Waals surface area (Å²) in [4.78, 5) is 24.4. The van der Waals surface area contributed by atoms with E-state index < -0.39 is 42.2 Å². The Morgan fingerprint density at radius 1 is 1.71 bits per heavy atom. The molecule has 1 aliphatic heterocycles. The van der Waals surface area contributed by atoms with Crippen molar-refractivity contribution in [1.29, 1.82) is 0 Å². The molecule has 0 radical (unpaired) electrons. The van der Waals surface area contributed by atoms with Gasteiger partial charge < -0.3 is 9.84 Å². The van der Waals surface area contributed by atoms with Gasteiger partial charge in [0.1, 0.15) is 6.10 Å². The number of H-pyrrole nitrogens is 1. The predicted octanol–water partition coefficient (Wildman–Crippen LogP) is -0.457. The van der Waals surface area contributed by atoms with Crippen LogP contribution in [-0.2, 0) is 4.74 Å². The minimum atomic E-state index is -1.97. The van der Waals surface area contributed by atoms with Crippen molar-refractivity contribution in [1.82, 2.24) is 9.55 Å². The molecule has 0 unspecified atom stereocenters. The van der Waals surface area contributed by atoms with Crippen LogP contribution >= 0.6 is 0 Å². The average molecular weight is 246 g/mol. The van der Waals surface area contributed by atoms with Gasteiger partial charge in [-0.2, -0.15) is 0 Å². The number of nitrogens with zero attached hydrogens (tertiary/aromatic N) is 1. The average Bonchev–Trinajstić information content (AvgIpc) is 2.56. The fourth-order valence-electron chi connectivity index (χ4n) is 1.73. The lowest BCUT2D eigenvalue weighted by molar-refractivity contribution is -0.0280. The van der Waals surface area contributed by atoms with Crippen molar-refractivity contribution in [2.45, 2.75) is 37.9 Å². The summed E-state index contributed by atoms with van der Waals surface area (Å²) in [5.74, 6) is 0. The van der Waals surface area contributed by atoms with Crippen LogP contribution in [0.3, 0.4) is 0 Å². The molecule has 2 rings (SSSR count). The summed E-state index contributed by atoms with van der Waals surface area (Å²) < 4.78 is 34.7. The molecule has 0 bridgehead atoms. The lowest BCUT2D eigenvalue weighted by atomic mass is 10.1. The molecule has 0 aromatic carbocycles. The summed E-state index contributed by atoms with van der Waals surface area (Å²) in [6.45, 7) is 1.14. The van der Waals surface area contributed by atoms with Crippen LogP contribution in [-0.4, -0.2) is 33.0 Å². The number of halogens is 1. The molecule has 0 saturated carbocycles. The van der Waals surface area contributed by atoms with Crippen molar-refractivity contribution in [3.05, 3.63) is 33.1 Å². The van der Waals surface area contributed by atoms with Gasteiger partial charge in [0.15, 0.2) is 12.4 Å². The second-order valence-electron chi connectivity index (χ2n) is 3.69. The van der Waals surface area contributed by atoms with E-state index in [0.29, 0.717) is 0 Å². The van der Waals surface area contributed by atoms with Gasteiger partial charge in [-0.1, -0.05) is 6.92 Å². The number of aliphatic hydroxyl groups is 1. The minimum Gasteiger partial charge on any atom is -0.387 e. The lowest BCUT2D eigenvalue weighted by Gasteiger charge is -2.15. The fraction of sp³-hybridized carbons (Fsp3) is 0.600. The molecular formula is C10H13FN2O4. The van der Waals surface area contributed by atoms with E-state index in [0.717, 1.165) is 23.8 Å². The van der Waals surface area contributed by atoms with Gasteiger partial charge in [0.05, 0.1) is 6.10 Å². The van der Waals surface area contributed by atoms with E-state index >= 15 is 0 Å². The van der Waals surface area contributed by atoms with Crippen LogP contribution in [0, 0.1) is 0 Å². The number of ether oxygens (including phenoxy) is 1. The first-order valence-corrected chi connectivity index (χ1v) is 5.01. The lowest BCUT2D eigenvalue weighted by Crippen LogP contribution is -2.35. The van der Waals surface area contributed by atoms with Crippen LogP contribution in [0.1, 0.15) is 22.3 Å². The summed E-state index contributed by atoms with van der Waals surface area (Å²) in [5.41, 5.74) is -1.53. The zero-order valence-electron chi connectivity index (χ0n) is 11.0. The third-order valence-corrected chi connectivity index (χ3v) is 2.60. The first-order chi connectivity index (χ1) is 8.71. The second-order valence-corrected chi connectivity index (χ2v) is 3.69. The first kappa shape index (κ1) is 9.55. The highest BCUT2D eigenvalue weighted by Gasteiger charge is 2.44. The van der Waals surface area contributed by atoms with Gasteiger partial charge >= 0.3 is 5.69 Å². The van der Waals surface area contributed by atoms with Crippen LogP contribution < -0.4 is 11.2 Å². The van der Waals surface area contributed by atoms with Crippen LogP contribution in [0.5, 0.6) is 0 Å². The highest BCUT2D eigenvalue weighted by atomic mass is 19.1. The molecule has 1 aliphatic rings. The maximum atomic E-state index is 13.9. The van der Waals surface area contributed by atoms with Crippen molar-refractivity contribution < 1.29 is 17.0 Å². The second kappa shape index (κ2) is 4.42. The number of rotatable bonds is 2.